The van der Waals surface area contributed by atoms with Crippen molar-refractivity contribution in [1.29, 1.82) is 0 Å². The summed E-state index contributed by atoms with van der Waals surface area (Å²) in [4.78, 5) is 22.8. The zero-order valence-electron chi connectivity index (χ0n) is 20.6. The van der Waals surface area contributed by atoms with E-state index in [1.54, 1.807) is 36.5 Å². The van der Waals surface area contributed by atoms with Gasteiger partial charge in [0.15, 0.2) is 5.88 Å². The minimum Gasteiger partial charge on any atom is -0.494 e. The molecular weight excluding hydrogens is 471 g/mol. The molecule has 1 unspecified atom stereocenters. The lowest BCUT2D eigenvalue weighted by Gasteiger charge is -2.26. The molecule has 0 saturated carbocycles. The number of nitrogens with zero attached hydrogens (tertiary/aromatic N) is 2. The fourth-order valence-corrected chi connectivity index (χ4v) is 4.48. The number of aromatic hydroxyl groups is 1. The molecule has 1 saturated heterocycles. The molecular formula is C29H29FN4O3. The second-order valence-corrected chi connectivity index (χ2v) is 9.21. The second kappa shape index (κ2) is 10.9. The van der Waals surface area contributed by atoms with Gasteiger partial charge in [0.2, 0.25) is 0 Å². The standard InChI is InChI=1S/C29H29FN4O3/c1-19(21-5-8-23(30)9-6-21)32-28(35)22-7-10-27-25(16-22)26(29(36)33-27)17-31-24-4-2-3-20(15-24)18-34-11-13-37-14-12-34/h2-10,15-17,19,33,36H,11-14,18H2,1H3,(H,32,35). The Labute approximate surface area is 214 Å². The van der Waals surface area contributed by atoms with Gasteiger partial charge in [0, 0.05) is 42.3 Å². The van der Waals surface area contributed by atoms with Gasteiger partial charge in [-0.05, 0) is 60.5 Å². The normalized spacial score (nSPS) is 15.3. The zero-order valence-corrected chi connectivity index (χ0v) is 20.6. The lowest BCUT2D eigenvalue weighted by Crippen LogP contribution is -2.35. The first-order chi connectivity index (χ1) is 18.0. The fraction of sp³-hybridized carbons (Fsp3) is 0.241. The molecule has 0 spiro atoms. The highest BCUT2D eigenvalue weighted by atomic mass is 19.1. The van der Waals surface area contributed by atoms with Crippen molar-refractivity contribution in [1.82, 2.24) is 15.2 Å². The summed E-state index contributed by atoms with van der Waals surface area (Å²) >= 11 is 0. The number of morpholine rings is 1. The molecule has 5 rings (SSSR count). The van der Waals surface area contributed by atoms with Crippen LogP contribution in [-0.2, 0) is 11.3 Å². The number of amides is 1. The second-order valence-electron chi connectivity index (χ2n) is 9.21. The number of hydrogen-bond acceptors (Lipinski definition) is 5. The molecule has 3 aromatic carbocycles. The Balaban J connectivity index is 1.34. The van der Waals surface area contributed by atoms with Gasteiger partial charge in [-0.25, -0.2) is 4.39 Å². The maximum atomic E-state index is 13.2. The van der Waals surface area contributed by atoms with E-state index in [4.69, 9.17) is 4.74 Å². The smallest absolute Gasteiger partial charge is 0.251 e. The molecule has 8 heteroatoms. The SMILES string of the molecule is CC(NC(=O)c1ccc2[nH]c(O)c(C=Nc3cccc(CN4CCOCC4)c3)c2c1)c1ccc(F)cc1. The molecule has 190 valence electrons. The van der Waals surface area contributed by atoms with Crippen molar-refractivity contribution in [2.75, 3.05) is 26.3 Å². The summed E-state index contributed by atoms with van der Waals surface area (Å²) in [5, 5.41) is 14.2. The number of hydrogen-bond donors (Lipinski definition) is 3. The molecule has 1 aliphatic heterocycles. The molecule has 0 aliphatic carbocycles. The van der Waals surface area contributed by atoms with Gasteiger partial charge in [-0.2, -0.15) is 0 Å². The first-order valence-electron chi connectivity index (χ1n) is 12.3. The van der Waals surface area contributed by atoms with E-state index in [0.29, 0.717) is 22.0 Å². The molecule has 0 radical (unpaired) electrons. The van der Waals surface area contributed by atoms with Gasteiger partial charge >= 0.3 is 0 Å². The van der Waals surface area contributed by atoms with E-state index >= 15 is 0 Å². The Bertz CT molecular complexity index is 1430. The minimum atomic E-state index is -0.321. The van der Waals surface area contributed by atoms with Crippen molar-refractivity contribution in [3.63, 3.8) is 0 Å². The lowest BCUT2D eigenvalue weighted by atomic mass is 10.1. The molecule has 1 atom stereocenters. The van der Waals surface area contributed by atoms with Crippen LogP contribution in [0, 0.1) is 5.82 Å². The first-order valence-corrected chi connectivity index (χ1v) is 12.3. The van der Waals surface area contributed by atoms with Crippen LogP contribution >= 0.6 is 0 Å². The fourth-order valence-electron chi connectivity index (χ4n) is 4.48. The van der Waals surface area contributed by atoms with E-state index in [-0.39, 0.29) is 23.6 Å². The van der Waals surface area contributed by atoms with Gasteiger partial charge in [-0.15, -0.1) is 0 Å². The van der Waals surface area contributed by atoms with Crippen molar-refractivity contribution in [3.8, 4) is 5.88 Å². The minimum absolute atomic E-state index is 0.0135. The Morgan fingerprint density at radius 2 is 1.95 bits per heavy atom. The number of nitrogens with one attached hydrogen (secondary N) is 2. The average molecular weight is 501 g/mol. The number of fused-ring (bicyclic) bond motifs is 1. The Morgan fingerprint density at radius 3 is 2.73 bits per heavy atom. The van der Waals surface area contributed by atoms with E-state index in [1.807, 2.05) is 25.1 Å². The highest BCUT2D eigenvalue weighted by molar-refractivity contribution is 6.06. The van der Waals surface area contributed by atoms with Crippen molar-refractivity contribution < 1.29 is 19.0 Å². The van der Waals surface area contributed by atoms with Crippen molar-refractivity contribution in [3.05, 3.63) is 94.8 Å². The molecule has 3 N–H and O–H groups in total. The van der Waals surface area contributed by atoms with Crippen LogP contribution in [0.5, 0.6) is 5.88 Å². The van der Waals surface area contributed by atoms with Crippen LogP contribution in [0.4, 0.5) is 10.1 Å². The van der Waals surface area contributed by atoms with Crippen LogP contribution < -0.4 is 5.32 Å². The topological polar surface area (TPSA) is 90.0 Å². The molecule has 1 fully saturated rings. The molecule has 1 aliphatic rings. The number of benzene rings is 3. The maximum absolute atomic E-state index is 13.2. The quantitative estimate of drug-likeness (QED) is 0.309. The Morgan fingerprint density at radius 1 is 1.16 bits per heavy atom. The number of rotatable bonds is 7. The van der Waals surface area contributed by atoms with Gasteiger partial charge in [0.05, 0.1) is 30.5 Å². The van der Waals surface area contributed by atoms with Gasteiger partial charge < -0.3 is 20.1 Å². The zero-order chi connectivity index (χ0) is 25.8. The summed E-state index contributed by atoms with van der Waals surface area (Å²) in [5.74, 6) is -0.600. The summed E-state index contributed by atoms with van der Waals surface area (Å²) in [5.41, 5.74) is 4.40. The van der Waals surface area contributed by atoms with E-state index in [9.17, 15) is 14.3 Å². The number of H-pyrrole nitrogens is 1. The average Bonchev–Trinajstić information content (AvgIpc) is 3.22. The number of carbonyl (C=O) groups is 1. The van der Waals surface area contributed by atoms with Crippen molar-refractivity contribution in [2.45, 2.75) is 19.5 Å². The summed E-state index contributed by atoms with van der Waals surface area (Å²) < 4.78 is 18.6. The largest absolute Gasteiger partial charge is 0.494 e. The predicted molar refractivity (Wildman–Crippen MR) is 142 cm³/mol. The molecule has 0 bridgehead atoms. The van der Waals surface area contributed by atoms with E-state index in [1.165, 1.54) is 12.1 Å². The molecule has 1 aromatic heterocycles. The summed E-state index contributed by atoms with van der Waals surface area (Å²) in [7, 11) is 0. The van der Waals surface area contributed by atoms with Gasteiger partial charge in [0.1, 0.15) is 5.82 Å². The third-order valence-corrected chi connectivity index (χ3v) is 6.56. The number of halogens is 1. The lowest BCUT2D eigenvalue weighted by molar-refractivity contribution is 0.0342. The number of aromatic nitrogens is 1. The number of aliphatic imine (C=N–C) groups is 1. The Hall–Kier alpha value is -4.01. The summed E-state index contributed by atoms with van der Waals surface area (Å²) in [6, 6.07) is 18.9. The molecule has 4 aromatic rings. The van der Waals surface area contributed by atoms with Crippen LogP contribution in [0.3, 0.4) is 0 Å². The molecule has 37 heavy (non-hydrogen) atoms. The van der Waals surface area contributed by atoms with Crippen molar-refractivity contribution >= 4 is 28.7 Å². The predicted octanol–water partition coefficient (Wildman–Crippen LogP) is 5.09. The van der Waals surface area contributed by atoms with E-state index in [2.05, 4.69) is 26.3 Å². The van der Waals surface area contributed by atoms with Crippen LogP contribution in [0.25, 0.3) is 10.9 Å². The Kier molecular flexibility index (Phi) is 7.30. The van der Waals surface area contributed by atoms with Gasteiger partial charge in [0.25, 0.3) is 5.91 Å². The number of carbonyl (C=O) groups excluding carboxylic acids is 1. The summed E-state index contributed by atoms with van der Waals surface area (Å²) in [6.07, 6.45) is 1.62. The van der Waals surface area contributed by atoms with E-state index in [0.717, 1.165) is 49.7 Å². The monoisotopic (exact) mass is 500 g/mol. The maximum Gasteiger partial charge on any atom is 0.251 e. The highest BCUT2D eigenvalue weighted by Crippen LogP contribution is 2.28. The van der Waals surface area contributed by atoms with Crippen LogP contribution in [-0.4, -0.2) is 53.4 Å². The molecule has 2 heterocycles. The van der Waals surface area contributed by atoms with Crippen LogP contribution in [0.2, 0.25) is 0 Å². The van der Waals surface area contributed by atoms with Gasteiger partial charge in [-0.3, -0.25) is 14.7 Å². The van der Waals surface area contributed by atoms with Crippen molar-refractivity contribution in [2.24, 2.45) is 4.99 Å². The first kappa shape index (κ1) is 24.7. The third-order valence-electron chi connectivity index (χ3n) is 6.56. The highest BCUT2D eigenvalue weighted by Gasteiger charge is 2.16. The van der Waals surface area contributed by atoms with Crippen LogP contribution in [0.1, 0.15) is 40.0 Å². The van der Waals surface area contributed by atoms with Crippen LogP contribution in [0.15, 0.2) is 71.7 Å². The molecule has 1 amide bonds. The third kappa shape index (κ3) is 5.87. The number of ether oxygens (including phenoxy) is 1. The number of aromatic amines is 1. The summed E-state index contributed by atoms with van der Waals surface area (Å²) in [6.45, 7) is 6.01. The van der Waals surface area contributed by atoms with E-state index < -0.39 is 0 Å². The molecule has 7 nitrogen and oxygen atoms in total. The van der Waals surface area contributed by atoms with Gasteiger partial charge in [-0.1, -0.05) is 24.3 Å².